The smallest absolute Gasteiger partial charge is 0.247 e. The molecular formula is C28H36N2O3. The van der Waals surface area contributed by atoms with Gasteiger partial charge in [-0.3, -0.25) is 4.79 Å². The molecule has 6 rings (SSSR count). The summed E-state index contributed by atoms with van der Waals surface area (Å²) in [7, 11) is 1.73. The maximum atomic E-state index is 13.6. The number of carbonyl (C=O) groups is 1. The second-order valence-corrected chi connectivity index (χ2v) is 10.8. The van der Waals surface area contributed by atoms with E-state index >= 15 is 0 Å². The van der Waals surface area contributed by atoms with E-state index in [1.165, 1.54) is 49.7 Å². The third kappa shape index (κ3) is 3.59. The molecule has 2 aliphatic heterocycles. The summed E-state index contributed by atoms with van der Waals surface area (Å²) in [6.45, 7) is 0. The SMILES string of the molecule is COc1ccc(C2=NN(C3CCCCCC3)C(=O)[C@H]3CC=CC[C@@H]23)c2c1OC1(CCCC1)C2. The maximum absolute atomic E-state index is 13.6. The van der Waals surface area contributed by atoms with Gasteiger partial charge in [-0.15, -0.1) is 0 Å². The number of fused-ring (bicyclic) bond motifs is 2. The Balaban J connectivity index is 1.44. The molecule has 1 aromatic carbocycles. The number of hydrogen-bond donors (Lipinski definition) is 0. The number of carbonyl (C=O) groups excluding carboxylic acids is 1. The van der Waals surface area contributed by atoms with Crippen LogP contribution in [0.25, 0.3) is 0 Å². The fourth-order valence-electron chi connectivity index (χ4n) is 6.98. The van der Waals surface area contributed by atoms with E-state index in [2.05, 4.69) is 18.2 Å². The zero-order valence-electron chi connectivity index (χ0n) is 19.9. The summed E-state index contributed by atoms with van der Waals surface area (Å²) < 4.78 is 12.4. The summed E-state index contributed by atoms with van der Waals surface area (Å²) in [4.78, 5) is 13.6. The molecule has 0 unspecified atom stereocenters. The Kier molecular flexibility index (Phi) is 5.46. The minimum Gasteiger partial charge on any atom is -0.493 e. The van der Waals surface area contributed by atoms with E-state index in [9.17, 15) is 4.79 Å². The Morgan fingerprint density at radius 1 is 1.00 bits per heavy atom. The van der Waals surface area contributed by atoms with E-state index in [-0.39, 0.29) is 29.4 Å². The van der Waals surface area contributed by atoms with Gasteiger partial charge < -0.3 is 9.47 Å². The fourth-order valence-corrected chi connectivity index (χ4v) is 6.98. The number of allylic oxidation sites excluding steroid dienone is 2. The van der Waals surface area contributed by atoms with Crippen LogP contribution < -0.4 is 9.47 Å². The molecule has 0 radical (unpaired) electrons. The highest BCUT2D eigenvalue weighted by Gasteiger charge is 2.47. The molecule has 1 spiro atoms. The molecule has 0 saturated heterocycles. The van der Waals surface area contributed by atoms with Gasteiger partial charge in [0.25, 0.3) is 0 Å². The first kappa shape index (κ1) is 21.2. The number of methoxy groups -OCH3 is 1. The summed E-state index contributed by atoms with van der Waals surface area (Å²) in [6, 6.07) is 4.47. The zero-order chi connectivity index (χ0) is 22.4. The van der Waals surface area contributed by atoms with Gasteiger partial charge in [0.15, 0.2) is 11.5 Å². The lowest BCUT2D eigenvalue weighted by Crippen LogP contribution is -2.49. The van der Waals surface area contributed by atoms with E-state index in [1.807, 2.05) is 11.1 Å². The first-order valence-electron chi connectivity index (χ1n) is 13.1. The Morgan fingerprint density at radius 2 is 1.73 bits per heavy atom. The molecule has 0 bridgehead atoms. The van der Waals surface area contributed by atoms with Gasteiger partial charge in [0.05, 0.1) is 24.8 Å². The second kappa shape index (κ2) is 8.48. The number of hydrazone groups is 1. The Bertz CT molecular complexity index is 983. The van der Waals surface area contributed by atoms with Crippen molar-refractivity contribution >= 4 is 11.6 Å². The first-order chi connectivity index (χ1) is 16.2. The Labute approximate surface area is 197 Å². The van der Waals surface area contributed by atoms with E-state index in [0.717, 1.165) is 62.2 Å². The molecule has 1 aromatic rings. The van der Waals surface area contributed by atoms with Crippen molar-refractivity contribution in [1.82, 2.24) is 5.01 Å². The van der Waals surface area contributed by atoms with Crippen molar-refractivity contribution in [3.8, 4) is 11.5 Å². The molecule has 0 N–H and O–H groups in total. The summed E-state index contributed by atoms with van der Waals surface area (Å²) in [5.74, 6) is 2.15. The lowest BCUT2D eigenvalue weighted by Gasteiger charge is -2.40. The van der Waals surface area contributed by atoms with Crippen molar-refractivity contribution in [1.29, 1.82) is 0 Å². The van der Waals surface area contributed by atoms with Crippen molar-refractivity contribution in [3.63, 3.8) is 0 Å². The number of amides is 1. The molecular weight excluding hydrogens is 412 g/mol. The van der Waals surface area contributed by atoms with Crippen LogP contribution >= 0.6 is 0 Å². The van der Waals surface area contributed by atoms with Crippen molar-refractivity contribution in [2.75, 3.05) is 7.11 Å². The van der Waals surface area contributed by atoms with Gasteiger partial charge in [0.1, 0.15) is 5.60 Å². The topological polar surface area (TPSA) is 51.1 Å². The Morgan fingerprint density at radius 3 is 2.45 bits per heavy atom. The highest BCUT2D eigenvalue weighted by molar-refractivity contribution is 6.08. The first-order valence-corrected chi connectivity index (χ1v) is 13.1. The van der Waals surface area contributed by atoms with Crippen LogP contribution in [-0.2, 0) is 11.2 Å². The van der Waals surface area contributed by atoms with Crippen molar-refractivity contribution in [3.05, 3.63) is 35.4 Å². The second-order valence-electron chi connectivity index (χ2n) is 10.8. The molecule has 1 amide bonds. The van der Waals surface area contributed by atoms with Crippen LogP contribution in [0.4, 0.5) is 0 Å². The van der Waals surface area contributed by atoms with Gasteiger partial charge in [-0.25, -0.2) is 5.01 Å². The average Bonchev–Trinajstić information content (AvgIpc) is 3.36. The molecule has 0 aromatic heterocycles. The zero-order valence-corrected chi connectivity index (χ0v) is 19.9. The quantitative estimate of drug-likeness (QED) is 0.434. The van der Waals surface area contributed by atoms with Gasteiger partial charge in [0.2, 0.25) is 5.91 Å². The molecule has 5 aliphatic rings. The van der Waals surface area contributed by atoms with Crippen molar-refractivity contribution in [2.45, 2.75) is 95.1 Å². The number of hydrogen-bond acceptors (Lipinski definition) is 4. The minimum absolute atomic E-state index is 0.00580. The van der Waals surface area contributed by atoms with Gasteiger partial charge in [-0.2, -0.15) is 5.10 Å². The van der Waals surface area contributed by atoms with Crippen molar-refractivity contribution in [2.24, 2.45) is 16.9 Å². The molecule has 2 fully saturated rings. The molecule has 2 atom stereocenters. The van der Waals surface area contributed by atoms with E-state index in [4.69, 9.17) is 14.6 Å². The molecule has 2 heterocycles. The predicted octanol–water partition coefficient (Wildman–Crippen LogP) is 5.79. The summed E-state index contributed by atoms with van der Waals surface area (Å²) >= 11 is 0. The van der Waals surface area contributed by atoms with Gasteiger partial charge in [-0.05, 0) is 63.5 Å². The summed E-state index contributed by atoms with van der Waals surface area (Å²) in [5.41, 5.74) is 3.46. The van der Waals surface area contributed by atoms with Crippen molar-refractivity contribution < 1.29 is 14.3 Å². The predicted molar refractivity (Wildman–Crippen MR) is 129 cm³/mol. The van der Waals surface area contributed by atoms with Crippen LogP contribution in [0, 0.1) is 11.8 Å². The van der Waals surface area contributed by atoms with E-state index in [0.29, 0.717) is 0 Å². The van der Waals surface area contributed by atoms with Crippen LogP contribution in [0.1, 0.15) is 88.2 Å². The third-order valence-electron chi connectivity index (χ3n) is 8.77. The summed E-state index contributed by atoms with van der Waals surface area (Å²) in [5, 5.41) is 7.12. The minimum atomic E-state index is -0.0798. The highest BCUT2D eigenvalue weighted by atomic mass is 16.5. The molecule has 3 aliphatic carbocycles. The van der Waals surface area contributed by atoms with Crippen LogP contribution in [0.3, 0.4) is 0 Å². The standard InChI is InChI=1S/C28H36N2O3/c1-32-24-15-14-21(23-18-28(33-26(23)24)16-8-9-17-28)25-20-12-6-7-13-22(20)27(31)30(29-25)19-10-4-2-3-5-11-19/h6-7,14-15,19-20,22H,2-5,8-13,16-18H2,1H3/t20-,22+/m1/s1. The van der Waals surface area contributed by atoms with Crippen LogP contribution in [0.15, 0.2) is 29.4 Å². The molecule has 176 valence electrons. The van der Waals surface area contributed by atoms with Crippen LogP contribution in [0.5, 0.6) is 11.5 Å². The fraction of sp³-hybridized carbons (Fsp3) is 0.643. The molecule has 33 heavy (non-hydrogen) atoms. The largest absolute Gasteiger partial charge is 0.493 e. The lowest BCUT2D eigenvalue weighted by molar-refractivity contribution is -0.140. The monoisotopic (exact) mass is 448 g/mol. The number of rotatable bonds is 3. The summed E-state index contributed by atoms with van der Waals surface area (Å²) in [6.07, 6.45) is 18.8. The van der Waals surface area contributed by atoms with Gasteiger partial charge >= 0.3 is 0 Å². The number of nitrogens with zero attached hydrogens (tertiary/aromatic N) is 2. The van der Waals surface area contributed by atoms with E-state index in [1.54, 1.807) is 7.11 Å². The molecule has 2 saturated carbocycles. The third-order valence-corrected chi connectivity index (χ3v) is 8.77. The Hall–Kier alpha value is -2.30. The molecule has 5 nitrogen and oxygen atoms in total. The number of ether oxygens (including phenoxy) is 2. The van der Waals surface area contributed by atoms with E-state index < -0.39 is 0 Å². The normalized spacial score (nSPS) is 28.8. The maximum Gasteiger partial charge on any atom is 0.247 e. The lowest BCUT2D eigenvalue weighted by atomic mass is 9.75. The average molecular weight is 449 g/mol. The van der Waals surface area contributed by atoms with Gasteiger partial charge in [0, 0.05) is 23.5 Å². The van der Waals surface area contributed by atoms with Crippen LogP contribution in [-0.4, -0.2) is 35.4 Å². The van der Waals surface area contributed by atoms with Crippen LogP contribution in [0.2, 0.25) is 0 Å². The highest BCUT2D eigenvalue weighted by Crippen LogP contribution is 2.51. The molecule has 5 heteroatoms. The van der Waals surface area contributed by atoms with Gasteiger partial charge in [-0.1, -0.05) is 37.8 Å². The number of benzene rings is 1.